The molecule has 0 bridgehead atoms. The van der Waals surface area contributed by atoms with Crippen LogP contribution in [0.25, 0.3) is 11.1 Å². The first-order valence-electron chi connectivity index (χ1n) is 6.80. The van der Waals surface area contributed by atoms with Gasteiger partial charge in [0.05, 0.1) is 16.0 Å². The molecule has 124 valence electrons. The van der Waals surface area contributed by atoms with Gasteiger partial charge in [0, 0.05) is 6.54 Å². The zero-order valence-corrected chi connectivity index (χ0v) is 13.0. The van der Waals surface area contributed by atoms with Gasteiger partial charge in [0.2, 0.25) is 10.0 Å². The third-order valence-corrected chi connectivity index (χ3v) is 4.78. The van der Waals surface area contributed by atoms with Crippen LogP contribution in [0.1, 0.15) is 15.9 Å². The van der Waals surface area contributed by atoms with Gasteiger partial charge < -0.3 is 9.52 Å². The van der Waals surface area contributed by atoms with Crippen LogP contribution >= 0.6 is 0 Å². The Kier molecular flexibility index (Phi) is 3.96. The molecule has 9 heteroatoms. The fourth-order valence-corrected chi connectivity index (χ4v) is 3.16. The van der Waals surface area contributed by atoms with Gasteiger partial charge in [0.15, 0.2) is 5.58 Å². The fraction of sp³-hybridized carbons (Fsp3) is 0.0667. The molecule has 0 aliphatic rings. The number of nitrogens with one attached hydrogen (secondary N) is 2. The zero-order chi connectivity index (χ0) is 17.3. The van der Waals surface area contributed by atoms with Gasteiger partial charge in [-0.05, 0) is 42.0 Å². The summed E-state index contributed by atoms with van der Waals surface area (Å²) < 4.78 is 31.8. The molecule has 0 aliphatic heterocycles. The number of aromatic carboxylic acids is 1. The number of H-pyrrole nitrogens is 1. The van der Waals surface area contributed by atoms with Crippen LogP contribution in [-0.4, -0.2) is 24.5 Å². The Morgan fingerprint density at radius 2 is 1.88 bits per heavy atom. The van der Waals surface area contributed by atoms with Crippen LogP contribution in [0.15, 0.2) is 56.6 Å². The van der Waals surface area contributed by atoms with E-state index in [4.69, 9.17) is 9.52 Å². The lowest BCUT2D eigenvalue weighted by Gasteiger charge is -2.07. The molecule has 3 aromatic rings. The average Bonchev–Trinajstić information content (AvgIpc) is 2.92. The highest BCUT2D eigenvalue weighted by atomic mass is 32.2. The molecular formula is C15H12N2O6S. The minimum Gasteiger partial charge on any atom is -0.478 e. The van der Waals surface area contributed by atoms with E-state index in [9.17, 15) is 18.0 Å². The van der Waals surface area contributed by atoms with Crippen molar-refractivity contribution in [2.24, 2.45) is 0 Å². The lowest BCUT2D eigenvalue weighted by atomic mass is 10.2. The van der Waals surface area contributed by atoms with E-state index in [0.29, 0.717) is 16.7 Å². The Morgan fingerprint density at radius 1 is 1.17 bits per heavy atom. The topological polar surface area (TPSA) is 129 Å². The molecule has 0 spiro atoms. The third kappa shape index (κ3) is 3.21. The summed E-state index contributed by atoms with van der Waals surface area (Å²) in [6, 6.07) is 9.72. The Balaban J connectivity index is 1.78. The van der Waals surface area contributed by atoms with E-state index in [1.165, 1.54) is 24.3 Å². The van der Waals surface area contributed by atoms with Crippen molar-refractivity contribution in [3.05, 3.63) is 64.1 Å². The Hall–Kier alpha value is -2.91. The van der Waals surface area contributed by atoms with Crippen LogP contribution in [0.3, 0.4) is 0 Å². The Labute approximate surface area is 135 Å². The van der Waals surface area contributed by atoms with Gasteiger partial charge in [0.25, 0.3) is 0 Å². The van der Waals surface area contributed by atoms with Crippen LogP contribution in [0.2, 0.25) is 0 Å². The maximum Gasteiger partial charge on any atom is 0.417 e. The number of sulfonamides is 1. The quantitative estimate of drug-likeness (QED) is 0.637. The van der Waals surface area contributed by atoms with Gasteiger partial charge in [-0.1, -0.05) is 6.07 Å². The summed E-state index contributed by atoms with van der Waals surface area (Å²) in [7, 11) is -3.79. The molecule has 3 N–H and O–H groups in total. The summed E-state index contributed by atoms with van der Waals surface area (Å²) in [6.07, 6.45) is 0. The number of aromatic amines is 1. The second-order valence-corrected chi connectivity index (χ2v) is 6.77. The number of oxazole rings is 1. The number of hydrogen-bond donors (Lipinski definition) is 3. The fourth-order valence-electron chi connectivity index (χ4n) is 2.14. The number of carbonyl (C=O) groups is 1. The van der Waals surface area contributed by atoms with Crippen LogP contribution in [0, 0.1) is 0 Å². The van der Waals surface area contributed by atoms with Gasteiger partial charge in [0.1, 0.15) is 0 Å². The highest BCUT2D eigenvalue weighted by molar-refractivity contribution is 7.89. The third-order valence-electron chi connectivity index (χ3n) is 3.36. The summed E-state index contributed by atoms with van der Waals surface area (Å²) in [5.41, 5.74) is 1.47. The summed E-state index contributed by atoms with van der Waals surface area (Å²) in [5, 5.41) is 8.82. The first kappa shape index (κ1) is 16.0. The molecule has 3 rings (SSSR count). The van der Waals surface area contributed by atoms with Crippen molar-refractivity contribution >= 4 is 27.1 Å². The second-order valence-electron chi connectivity index (χ2n) is 5.00. The molecular weight excluding hydrogens is 336 g/mol. The SMILES string of the molecule is O=C(O)c1ccc(S(=O)(=O)NCc2ccc3[nH]c(=O)oc3c2)cc1. The molecule has 0 radical (unpaired) electrons. The minimum absolute atomic E-state index is 0.00175. The lowest BCUT2D eigenvalue weighted by Crippen LogP contribution is -2.23. The van der Waals surface area contributed by atoms with Crippen LogP contribution in [-0.2, 0) is 16.6 Å². The molecule has 1 aromatic heterocycles. The average molecular weight is 348 g/mol. The Morgan fingerprint density at radius 3 is 2.54 bits per heavy atom. The van der Waals surface area contributed by atoms with Gasteiger partial charge >= 0.3 is 11.7 Å². The predicted octanol–water partition coefficient (Wildman–Crippen LogP) is 1.30. The number of rotatable bonds is 5. The molecule has 24 heavy (non-hydrogen) atoms. The molecule has 0 saturated carbocycles. The number of hydrogen-bond acceptors (Lipinski definition) is 5. The van der Waals surface area contributed by atoms with Crippen molar-refractivity contribution < 1.29 is 22.7 Å². The molecule has 0 amide bonds. The normalized spacial score (nSPS) is 11.7. The summed E-state index contributed by atoms with van der Waals surface area (Å²) >= 11 is 0. The maximum atomic E-state index is 12.2. The molecule has 0 aliphatic carbocycles. The first-order chi connectivity index (χ1) is 11.3. The first-order valence-corrected chi connectivity index (χ1v) is 8.28. The predicted molar refractivity (Wildman–Crippen MR) is 84.3 cm³/mol. The number of carboxylic acids is 1. The van der Waals surface area contributed by atoms with Gasteiger partial charge in [-0.3, -0.25) is 4.98 Å². The smallest absolute Gasteiger partial charge is 0.417 e. The lowest BCUT2D eigenvalue weighted by molar-refractivity contribution is 0.0696. The van der Waals surface area contributed by atoms with Crippen molar-refractivity contribution in [3.8, 4) is 0 Å². The van der Waals surface area contributed by atoms with Crippen molar-refractivity contribution in [1.29, 1.82) is 0 Å². The molecule has 1 heterocycles. The Bertz CT molecular complexity index is 1060. The monoisotopic (exact) mass is 348 g/mol. The standard InChI is InChI=1S/C15H12N2O6S/c18-14(19)10-2-4-11(5-3-10)24(21,22)16-8-9-1-6-12-13(7-9)23-15(20)17-12/h1-7,16H,8H2,(H,17,20)(H,18,19). The van der Waals surface area contributed by atoms with Crippen LogP contribution in [0.4, 0.5) is 0 Å². The highest BCUT2D eigenvalue weighted by Gasteiger charge is 2.15. The van der Waals surface area contributed by atoms with E-state index >= 15 is 0 Å². The summed E-state index contributed by atoms with van der Waals surface area (Å²) in [6.45, 7) is -0.00611. The van der Waals surface area contributed by atoms with E-state index < -0.39 is 21.7 Å². The highest BCUT2D eigenvalue weighted by Crippen LogP contribution is 2.14. The van der Waals surface area contributed by atoms with E-state index in [0.717, 1.165) is 0 Å². The zero-order valence-electron chi connectivity index (χ0n) is 12.1. The summed E-state index contributed by atoms with van der Waals surface area (Å²) in [4.78, 5) is 24.3. The van der Waals surface area contributed by atoms with Crippen LogP contribution < -0.4 is 10.5 Å². The number of benzene rings is 2. The largest absolute Gasteiger partial charge is 0.478 e. The summed E-state index contributed by atoms with van der Waals surface area (Å²) in [5.74, 6) is -1.71. The van der Waals surface area contributed by atoms with E-state index in [1.54, 1.807) is 18.2 Å². The van der Waals surface area contributed by atoms with Crippen LogP contribution in [0.5, 0.6) is 0 Å². The number of fused-ring (bicyclic) bond motifs is 1. The number of carboxylic acid groups (broad SMARTS) is 1. The van der Waals surface area contributed by atoms with E-state index in [2.05, 4.69) is 9.71 Å². The van der Waals surface area contributed by atoms with E-state index in [-0.39, 0.29) is 17.0 Å². The van der Waals surface area contributed by atoms with Crippen molar-refractivity contribution in [1.82, 2.24) is 9.71 Å². The second kappa shape index (κ2) is 5.95. The molecule has 0 fully saturated rings. The molecule has 8 nitrogen and oxygen atoms in total. The van der Waals surface area contributed by atoms with Crippen molar-refractivity contribution in [2.75, 3.05) is 0 Å². The molecule has 0 saturated heterocycles. The van der Waals surface area contributed by atoms with Crippen molar-refractivity contribution in [2.45, 2.75) is 11.4 Å². The van der Waals surface area contributed by atoms with Crippen molar-refractivity contribution in [3.63, 3.8) is 0 Å². The van der Waals surface area contributed by atoms with E-state index in [1.807, 2.05) is 0 Å². The number of aromatic nitrogens is 1. The molecule has 0 unspecified atom stereocenters. The molecule has 2 aromatic carbocycles. The maximum absolute atomic E-state index is 12.2. The minimum atomic E-state index is -3.79. The van der Waals surface area contributed by atoms with Gasteiger partial charge in [-0.15, -0.1) is 0 Å². The molecule has 0 atom stereocenters. The van der Waals surface area contributed by atoms with Gasteiger partial charge in [-0.25, -0.2) is 22.7 Å². The van der Waals surface area contributed by atoms with Gasteiger partial charge in [-0.2, -0.15) is 0 Å².